The molecule has 0 unspecified atom stereocenters. The van der Waals surface area contributed by atoms with Crippen LogP contribution in [0.2, 0.25) is 0 Å². The van der Waals surface area contributed by atoms with Crippen molar-refractivity contribution in [2.75, 3.05) is 25.1 Å². The van der Waals surface area contributed by atoms with Gasteiger partial charge in [0.05, 0.1) is 18.3 Å². The maximum atomic E-state index is 15.5. The summed E-state index contributed by atoms with van der Waals surface area (Å²) in [6.45, 7) is 13.0. The second kappa shape index (κ2) is 53.1. The number of hydrogen-bond acceptors (Lipinski definition) is 23. The highest BCUT2D eigenvalue weighted by Crippen LogP contribution is 2.29. The lowest BCUT2D eigenvalue weighted by Crippen LogP contribution is -2.63. The Kier molecular flexibility index (Phi) is 41.5. The van der Waals surface area contributed by atoms with E-state index in [-0.39, 0.29) is 55.9 Å². The van der Waals surface area contributed by atoms with Gasteiger partial charge >= 0.3 is 11.9 Å². The lowest BCUT2D eigenvalue weighted by atomic mass is 9.98. The maximum absolute atomic E-state index is 15.5. The number of phenolic OH excluding ortho intramolecular Hbond substituents is 1. The molecule has 1 fully saturated rings. The highest BCUT2D eigenvalue weighted by molar-refractivity contribution is 8.00. The van der Waals surface area contributed by atoms with Crippen LogP contribution in [0.25, 0.3) is 32.1 Å². The first kappa shape index (κ1) is 111. The number of thiophene rings is 1. The predicted molar refractivity (Wildman–Crippen MR) is 530 cm³/mol. The monoisotopic (exact) mass is 1990 g/mol. The molecule has 1 aliphatic heterocycles. The molecule has 2 aromatic heterocycles. The van der Waals surface area contributed by atoms with Crippen molar-refractivity contribution in [3.05, 3.63) is 197 Å². The number of phenols is 1. The summed E-state index contributed by atoms with van der Waals surface area (Å²) in [6.07, 6.45) is -4.84. The number of aromatic hydroxyl groups is 1. The van der Waals surface area contributed by atoms with Crippen molar-refractivity contribution < 1.29 is 107 Å². The molecule has 42 heteroatoms. The average Bonchev–Trinajstić information content (AvgIpc) is 1.64. The number of thioether (sulfide) groups is 1. The Balaban J connectivity index is 1.12. The number of carbonyl (C=O) groups excluding carboxylic acids is 16. The number of amides is 16. The first-order chi connectivity index (χ1) is 67.4. The number of benzene rings is 6. The predicted octanol–water partition coefficient (Wildman–Crippen LogP) is 1.58. The zero-order chi connectivity index (χ0) is 104. The van der Waals surface area contributed by atoms with Crippen LogP contribution < -0.4 is 85.9 Å². The van der Waals surface area contributed by atoms with E-state index in [1.54, 1.807) is 136 Å². The van der Waals surface area contributed by atoms with E-state index in [1.807, 2.05) is 36.4 Å². The minimum Gasteiger partial charge on any atom is -0.508 e. The molecule has 16 atom stereocenters. The number of nitrogens with two attached hydrogens (primary N) is 2. The molecule has 142 heavy (non-hydrogen) atoms. The highest BCUT2D eigenvalue weighted by atomic mass is 32.2. The van der Waals surface area contributed by atoms with E-state index in [1.165, 1.54) is 70.3 Å². The van der Waals surface area contributed by atoms with Crippen LogP contribution in [-0.4, -0.2) is 259 Å². The molecular formula is C100H126N18O22S2. The summed E-state index contributed by atoms with van der Waals surface area (Å²) >= 11 is 2.03. The number of aromatic nitrogens is 1. The molecule has 6 aromatic carbocycles. The molecule has 1 aliphatic rings. The molecule has 0 bridgehead atoms. The molecule has 1 saturated heterocycles. The Bertz CT molecular complexity index is 5810. The van der Waals surface area contributed by atoms with E-state index in [0.29, 0.717) is 50.3 Å². The van der Waals surface area contributed by atoms with Gasteiger partial charge in [-0.3, -0.25) is 86.3 Å². The van der Waals surface area contributed by atoms with Crippen molar-refractivity contribution in [2.24, 2.45) is 29.2 Å². The van der Waals surface area contributed by atoms with Crippen molar-refractivity contribution in [3.8, 4) is 16.9 Å². The van der Waals surface area contributed by atoms with Crippen molar-refractivity contribution in [1.82, 2.24) is 84.3 Å². The second-order valence-corrected chi connectivity index (χ2v) is 38.2. The summed E-state index contributed by atoms with van der Waals surface area (Å²) in [4.78, 5) is 267. The molecule has 23 N–H and O–H groups in total. The summed E-state index contributed by atoms with van der Waals surface area (Å²) in [5.74, 6) is -23.2. The molecular weight excluding hydrogens is 1870 g/mol. The normalized spacial score (nSPS) is 23.0. The maximum Gasteiger partial charge on any atom is 0.305 e. The fourth-order valence-corrected chi connectivity index (χ4v) is 17.6. The quantitative estimate of drug-likeness (QED) is 0.0366. The second-order valence-electron chi connectivity index (χ2n) is 36.2. The van der Waals surface area contributed by atoms with Gasteiger partial charge in [-0.2, -0.15) is 0 Å². The number of carbonyl (C=O) groups is 18. The number of aromatic amines is 1. The molecule has 0 aliphatic carbocycles. The first-order valence-corrected chi connectivity index (χ1v) is 48.7. The molecule has 40 nitrogen and oxygen atoms in total. The molecule has 760 valence electrons. The number of para-hydroxylation sites is 1. The number of aliphatic carboxylic acids is 2. The average molecular weight is 2000 g/mol. The fourth-order valence-electron chi connectivity index (χ4n) is 15.8. The van der Waals surface area contributed by atoms with Crippen molar-refractivity contribution in [2.45, 2.75) is 223 Å². The number of likely N-dealkylation sites (N-methyl/N-ethyl adjacent to an activating group) is 1. The van der Waals surface area contributed by atoms with Crippen LogP contribution in [0.3, 0.4) is 0 Å². The van der Waals surface area contributed by atoms with Crippen LogP contribution in [0.5, 0.6) is 5.75 Å². The minimum atomic E-state index is -2.10. The third-order valence-corrected chi connectivity index (χ3v) is 26.0. The van der Waals surface area contributed by atoms with Gasteiger partial charge in [0.25, 0.3) is 0 Å². The third-order valence-electron chi connectivity index (χ3n) is 23.9. The molecule has 3 heterocycles. The molecule has 0 radical (unpaired) electrons. The Morgan fingerprint density at radius 2 is 0.887 bits per heavy atom. The van der Waals surface area contributed by atoms with Gasteiger partial charge in [0.2, 0.25) is 94.5 Å². The van der Waals surface area contributed by atoms with Gasteiger partial charge < -0.3 is 116 Å². The van der Waals surface area contributed by atoms with E-state index in [9.17, 15) is 63.6 Å². The molecule has 9 rings (SSSR count). The van der Waals surface area contributed by atoms with Gasteiger partial charge in [-0.05, 0) is 138 Å². The van der Waals surface area contributed by atoms with E-state index in [0.717, 1.165) is 27.7 Å². The number of carboxylic acid groups (broad SMARTS) is 2. The highest BCUT2D eigenvalue weighted by Gasteiger charge is 2.42. The zero-order valence-electron chi connectivity index (χ0n) is 80.4. The van der Waals surface area contributed by atoms with Gasteiger partial charge in [-0.15, -0.1) is 23.1 Å². The number of hydrogen-bond donors (Lipinski definition) is 21. The number of nitrogens with one attached hydrogen (secondary N) is 15. The van der Waals surface area contributed by atoms with Crippen LogP contribution in [0.4, 0.5) is 0 Å². The van der Waals surface area contributed by atoms with E-state index >= 15 is 43.2 Å². The Labute approximate surface area is 828 Å². The molecule has 0 spiro atoms. The lowest BCUT2D eigenvalue weighted by molar-refractivity contribution is -0.143. The first-order valence-electron chi connectivity index (χ1n) is 46.6. The number of nitrogens with zero attached hydrogens (tertiary/aromatic N) is 1. The minimum absolute atomic E-state index is 0.0939. The van der Waals surface area contributed by atoms with Crippen molar-refractivity contribution >= 4 is 151 Å². The number of carboxylic acids is 2. The standard InChI is InChI=1S/C100H126N18O22S2/c1-52(2)41-71-94(134)116-84(54(5)6)98(138)117-85(57(9)119)99(139)114-78(96(136)104-55(7)86(102)126)50-141-51-80(121)105-72(42-58-21-13-11-14-22-58)89(129)110-73(44-60-31-35-65(120)36-32-60)91(131)112-77(47-82(124)125)93(133)111-75(45-63-48-103-68-27-19-17-25-66(63)68)95(135)115-83(53(3)4)97(137)113-74(43-59-29-33-62(34-30-59)61-23-15-12-16-24-61)90(130)107-70(37-38-81(122)123)100(140)118(10)56(8)87(127)108-76(92(132)106-69(39-40-101)88(128)109-71)46-64-49-142-79-28-20-18-26-67(64)79/h11-36,48-49,52-57,69-78,83-85,103,119-120H,37-47,50-51,101H2,1-10H3,(H2,102,126)(H,104,136)(H,105,121)(H,106,132)(H,107,130)(H,108,127)(H,109,128)(H,110,129)(H,111,133)(H,112,131)(H,113,137)(H,114,139)(H,115,135)(H,116,134)(H,117,138)(H,122,123)(H,124,125)/t55-,56-,57+,69-,70-,71-,72-,73-,74-,75-,76-,77-,78-,83-,84-,85-/m0/s1. The Morgan fingerprint density at radius 3 is 1.44 bits per heavy atom. The van der Waals surface area contributed by atoms with E-state index in [2.05, 4.69) is 79.4 Å². The van der Waals surface area contributed by atoms with Gasteiger partial charge in [0, 0.05) is 73.1 Å². The summed E-state index contributed by atoms with van der Waals surface area (Å²) in [6, 6.07) is 18.5. The van der Waals surface area contributed by atoms with Crippen LogP contribution in [0.15, 0.2) is 169 Å². The van der Waals surface area contributed by atoms with Crippen LogP contribution in [-0.2, 0) is 118 Å². The van der Waals surface area contributed by atoms with Crippen molar-refractivity contribution in [1.29, 1.82) is 0 Å². The van der Waals surface area contributed by atoms with E-state index < -0.39 is 259 Å². The Hall–Kier alpha value is -14.7. The number of aliphatic hydroxyl groups excluding tert-OH is 1. The largest absolute Gasteiger partial charge is 0.508 e. The van der Waals surface area contributed by atoms with Crippen LogP contribution >= 0.6 is 23.1 Å². The number of primary amides is 1. The lowest BCUT2D eigenvalue weighted by Gasteiger charge is -2.31. The molecule has 8 aromatic rings. The SMILES string of the molecule is CC(C)C[C@@H]1NC(=O)[C@H](CCN)NC(=O)[C@H](Cc2csc3ccccc23)NC(=O)[C@H](C)N(C)C(=O)[C@H](CCC(=O)O)NC(=O)[C@H](Cc2ccc(-c3ccccc3)cc2)NC(=O)[C@H](C(C)C)NC(=O)[C@H](Cc2c[nH]c3ccccc23)NC(=O)[C@H](CC(=O)O)NC(=O)[C@H](Cc2ccc(O)cc2)NC(=O)[C@H](Cc2ccccc2)NC(=O)CSC[C@@H](C(=O)N[C@@H](C)C(N)=O)NC(=O)[C@H]([C@@H](C)O)NC(=O)[C@H](C(C)C)NC1=O. The summed E-state index contributed by atoms with van der Waals surface area (Å²) in [5.41, 5.74) is 15.9. The van der Waals surface area contributed by atoms with Gasteiger partial charge in [-0.25, -0.2) is 0 Å². The van der Waals surface area contributed by atoms with Crippen molar-refractivity contribution in [3.63, 3.8) is 0 Å². The van der Waals surface area contributed by atoms with Gasteiger partial charge in [0.15, 0.2) is 0 Å². The topological polar surface area (TPSA) is 628 Å². The van der Waals surface area contributed by atoms with E-state index in [4.69, 9.17) is 11.5 Å². The van der Waals surface area contributed by atoms with Crippen LogP contribution in [0, 0.1) is 17.8 Å². The number of aliphatic hydroxyl groups is 1. The molecule has 0 saturated carbocycles. The number of fused-ring (bicyclic) bond motifs is 2. The fraction of sp³-hybridized carbons (Fsp3) is 0.420. The van der Waals surface area contributed by atoms with Gasteiger partial charge in [0.1, 0.15) is 96.4 Å². The zero-order valence-corrected chi connectivity index (χ0v) is 82.0. The molecule has 16 amide bonds. The number of rotatable bonds is 26. The van der Waals surface area contributed by atoms with Gasteiger partial charge in [-0.1, -0.05) is 175 Å². The summed E-state index contributed by atoms with van der Waals surface area (Å²) in [5, 5.41) is 81.8. The Morgan fingerprint density at radius 1 is 0.451 bits per heavy atom. The van der Waals surface area contributed by atoms with Crippen LogP contribution in [0.1, 0.15) is 122 Å². The summed E-state index contributed by atoms with van der Waals surface area (Å²) in [7, 11) is 1.19. The summed E-state index contributed by atoms with van der Waals surface area (Å²) < 4.78 is 0.794. The third kappa shape index (κ3) is 32.7. The smallest absolute Gasteiger partial charge is 0.305 e. The number of H-pyrrole nitrogens is 1.